The molecule has 0 aromatic heterocycles. The molecule has 0 aromatic rings. The second-order valence-electron chi connectivity index (χ2n) is 4.04. The highest BCUT2D eigenvalue weighted by Gasteiger charge is 2.18. The van der Waals surface area contributed by atoms with Gasteiger partial charge in [0.2, 0.25) is 5.91 Å². The van der Waals surface area contributed by atoms with E-state index in [1.165, 1.54) is 0 Å². The molecule has 1 aliphatic rings. The maximum Gasteiger partial charge on any atom is 0.303 e. The predicted octanol–water partition coefficient (Wildman–Crippen LogP) is 0.0616. The van der Waals surface area contributed by atoms with Gasteiger partial charge in [0.05, 0.1) is 6.42 Å². The lowest BCUT2D eigenvalue weighted by Crippen LogP contribution is -2.43. The third-order valence-corrected chi connectivity index (χ3v) is 2.65. The van der Waals surface area contributed by atoms with Crippen LogP contribution in [0.5, 0.6) is 0 Å². The number of carboxylic acid groups (broad SMARTS) is 1. The van der Waals surface area contributed by atoms with E-state index < -0.39 is 5.97 Å². The summed E-state index contributed by atoms with van der Waals surface area (Å²) in [6.07, 6.45) is 1.91. The SMILES string of the molecule is CN1CCC(NC(=O)CCC(=O)O)CC1. The number of hydrogen-bond donors (Lipinski definition) is 2. The fraction of sp³-hybridized carbons (Fsp3) is 0.800. The summed E-state index contributed by atoms with van der Waals surface area (Å²) in [5.74, 6) is -1.07. The number of rotatable bonds is 4. The molecular weight excluding hydrogens is 196 g/mol. The topological polar surface area (TPSA) is 69.6 Å². The Bertz CT molecular complexity index is 235. The zero-order chi connectivity index (χ0) is 11.3. The summed E-state index contributed by atoms with van der Waals surface area (Å²) in [5.41, 5.74) is 0. The van der Waals surface area contributed by atoms with Crippen LogP contribution in [0.4, 0.5) is 0 Å². The Kier molecular flexibility index (Phi) is 4.55. The predicted molar refractivity (Wildman–Crippen MR) is 55.5 cm³/mol. The van der Waals surface area contributed by atoms with E-state index in [1.807, 2.05) is 0 Å². The summed E-state index contributed by atoms with van der Waals surface area (Å²) in [5, 5.41) is 11.3. The fourth-order valence-corrected chi connectivity index (χ4v) is 1.67. The minimum absolute atomic E-state index is 0.0849. The van der Waals surface area contributed by atoms with Gasteiger partial charge in [-0.2, -0.15) is 0 Å². The van der Waals surface area contributed by atoms with E-state index in [4.69, 9.17) is 5.11 Å². The first-order valence-corrected chi connectivity index (χ1v) is 5.27. The zero-order valence-electron chi connectivity index (χ0n) is 9.03. The van der Waals surface area contributed by atoms with Crippen molar-refractivity contribution in [3.05, 3.63) is 0 Å². The summed E-state index contributed by atoms with van der Waals surface area (Å²) in [4.78, 5) is 23.8. The van der Waals surface area contributed by atoms with Crippen LogP contribution in [-0.2, 0) is 9.59 Å². The maximum atomic E-state index is 11.3. The zero-order valence-corrected chi connectivity index (χ0v) is 9.03. The fourth-order valence-electron chi connectivity index (χ4n) is 1.67. The summed E-state index contributed by atoms with van der Waals surface area (Å²) in [6.45, 7) is 1.98. The third-order valence-electron chi connectivity index (χ3n) is 2.65. The standard InChI is InChI=1S/C10H18N2O3/c1-12-6-4-8(5-7-12)11-9(13)2-3-10(14)15/h8H,2-7H2,1H3,(H,11,13)(H,14,15). The molecule has 0 bridgehead atoms. The van der Waals surface area contributed by atoms with Gasteiger partial charge in [-0.3, -0.25) is 9.59 Å². The number of carboxylic acids is 1. The second-order valence-corrected chi connectivity index (χ2v) is 4.04. The van der Waals surface area contributed by atoms with Crippen LogP contribution in [0.15, 0.2) is 0 Å². The van der Waals surface area contributed by atoms with E-state index in [0.717, 1.165) is 25.9 Å². The van der Waals surface area contributed by atoms with Gasteiger partial charge in [-0.15, -0.1) is 0 Å². The third kappa shape index (κ3) is 4.78. The molecular formula is C10H18N2O3. The molecule has 5 nitrogen and oxygen atoms in total. The monoisotopic (exact) mass is 214 g/mol. The van der Waals surface area contributed by atoms with Crippen LogP contribution in [0.1, 0.15) is 25.7 Å². The first kappa shape index (κ1) is 12.0. The number of nitrogens with zero attached hydrogens (tertiary/aromatic N) is 1. The molecule has 0 aliphatic carbocycles. The van der Waals surface area contributed by atoms with Gasteiger partial charge < -0.3 is 15.3 Å². The molecule has 15 heavy (non-hydrogen) atoms. The molecule has 1 amide bonds. The molecule has 0 saturated carbocycles. The van der Waals surface area contributed by atoms with Gasteiger partial charge in [0.25, 0.3) is 0 Å². The van der Waals surface area contributed by atoms with Crippen molar-refractivity contribution in [1.82, 2.24) is 10.2 Å². The number of hydrogen-bond acceptors (Lipinski definition) is 3. The number of carbonyl (C=O) groups excluding carboxylic acids is 1. The van der Waals surface area contributed by atoms with Gasteiger partial charge in [-0.1, -0.05) is 0 Å². The van der Waals surface area contributed by atoms with Crippen LogP contribution in [-0.4, -0.2) is 48.1 Å². The number of carbonyl (C=O) groups is 2. The Morgan fingerprint density at radius 3 is 2.47 bits per heavy atom. The minimum Gasteiger partial charge on any atom is -0.481 e. The molecule has 5 heteroatoms. The van der Waals surface area contributed by atoms with Crippen LogP contribution < -0.4 is 5.32 Å². The molecule has 0 atom stereocenters. The molecule has 0 aromatic carbocycles. The lowest BCUT2D eigenvalue weighted by molar-refractivity contribution is -0.139. The Morgan fingerprint density at radius 2 is 1.93 bits per heavy atom. The molecule has 1 rings (SSSR count). The Hall–Kier alpha value is -1.10. The van der Waals surface area contributed by atoms with Crippen molar-refractivity contribution in [3.63, 3.8) is 0 Å². The van der Waals surface area contributed by atoms with Gasteiger partial charge in [-0.05, 0) is 33.0 Å². The molecule has 1 saturated heterocycles. The first-order valence-electron chi connectivity index (χ1n) is 5.27. The molecule has 1 aliphatic heterocycles. The van der Waals surface area contributed by atoms with E-state index in [2.05, 4.69) is 17.3 Å². The van der Waals surface area contributed by atoms with Crippen molar-refractivity contribution in [3.8, 4) is 0 Å². The Labute approximate surface area is 89.4 Å². The van der Waals surface area contributed by atoms with Crippen molar-refractivity contribution in [2.24, 2.45) is 0 Å². The quantitative estimate of drug-likeness (QED) is 0.694. The summed E-state index contributed by atoms with van der Waals surface area (Å²) >= 11 is 0. The van der Waals surface area contributed by atoms with Crippen molar-refractivity contribution in [2.45, 2.75) is 31.7 Å². The minimum atomic E-state index is -0.923. The Balaban J connectivity index is 2.17. The number of likely N-dealkylation sites (tertiary alicyclic amines) is 1. The molecule has 1 fully saturated rings. The molecule has 1 heterocycles. The number of piperidine rings is 1. The summed E-state index contributed by atoms with van der Waals surface area (Å²) in [7, 11) is 2.06. The van der Waals surface area contributed by atoms with Gasteiger partial charge in [0.1, 0.15) is 0 Å². The van der Waals surface area contributed by atoms with E-state index >= 15 is 0 Å². The van der Waals surface area contributed by atoms with E-state index in [-0.39, 0.29) is 24.8 Å². The van der Waals surface area contributed by atoms with Crippen molar-refractivity contribution >= 4 is 11.9 Å². The van der Waals surface area contributed by atoms with Crippen LogP contribution in [0.2, 0.25) is 0 Å². The average Bonchev–Trinajstić information content (AvgIpc) is 2.19. The Morgan fingerprint density at radius 1 is 1.33 bits per heavy atom. The highest BCUT2D eigenvalue weighted by molar-refractivity contribution is 5.80. The number of aliphatic carboxylic acids is 1. The number of amides is 1. The maximum absolute atomic E-state index is 11.3. The van der Waals surface area contributed by atoms with Crippen LogP contribution in [0.3, 0.4) is 0 Å². The largest absolute Gasteiger partial charge is 0.481 e. The van der Waals surface area contributed by atoms with E-state index in [9.17, 15) is 9.59 Å². The second kappa shape index (κ2) is 5.70. The van der Waals surface area contributed by atoms with E-state index in [1.54, 1.807) is 0 Å². The van der Waals surface area contributed by atoms with Crippen LogP contribution >= 0.6 is 0 Å². The van der Waals surface area contributed by atoms with Gasteiger partial charge in [-0.25, -0.2) is 0 Å². The lowest BCUT2D eigenvalue weighted by Gasteiger charge is -2.29. The molecule has 86 valence electrons. The van der Waals surface area contributed by atoms with E-state index in [0.29, 0.717) is 0 Å². The summed E-state index contributed by atoms with van der Waals surface area (Å²) < 4.78 is 0. The van der Waals surface area contributed by atoms with Gasteiger partial charge >= 0.3 is 5.97 Å². The smallest absolute Gasteiger partial charge is 0.303 e. The molecule has 0 spiro atoms. The van der Waals surface area contributed by atoms with Crippen molar-refractivity contribution < 1.29 is 14.7 Å². The summed E-state index contributed by atoms with van der Waals surface area (Å²) in [6, 6.07) is 0.225. The van der Waals surface area contributed by atoms with Gasteiger partial charge in [0, 0.05) is 12.5 Å². The van der Waals surface area contributed by atoms with Crippen LogP contribution in [0.25, 0.3) is 0 Å². The molecule has 0 unspecified atom stereocenters. The highest BCUT2D eigenvalue weighted by atomic mass is 16.4. The average molecular weight is 214 g/mol. The molecule has 0 radical (unpaired) electrons. The van der Waals surface area contributed by atoms with Crippen LogP contribution in [0, 0.1) is 0 Å². The van der Waals surface area contributed by atoms with Gasteiger partial charge in [0.15, 0.2) is 0 Å². The van der Waals surface area contributed by atoms with Crippen molar-refractivity contribution in [1.29, 1.82) is 0 Å². The van der Waals surface area contributed by atoms with Crippen molar-refractivity contribution in [2.75, 3.05) is 20.1 Å². The first-order chi connectivity index (χ1) is 7.08. The number of nitrogens with one attached hydrogen (secondary N) is 1. The highest BCUT2D eigenvalue weighted by Crippen LogP contribution is 2.08. The molecule has 2 N–H and O–H groups in total. The normalized spacial score (nSPS) is 18.7. The lowest BCUT2D eigenvalue weighted by atomic mass is 10.1.